The van der Waals surface area contributed by atoms with E-state index in [0.717, 1.165) is 42.0 Å². The third kappa shape index (κ3) is 6.06. The van der Waals surface area contributed by atoms with Gasteiger partial charge in [-0.2, -0.15) is 0 Å². The molecular formula is C22H27NO4. The second kappa shape index (κ2) is 10.9. The Balaban J connectivity index is 2.14. The summed E-state index contributed by atoms with van der Waals surface area (Å²) in [5.74, 6) is 0.313. The molecule has 0 unspecified atom stereocenters. The molecule has 0 atom stereocenters. The molecule has 5 nitrogen and oxygen atoms in total. The number of anilines is 1. The standard InChI is InChI=1S/C22H27NO4/c1-4-5-13-23-18-10-8-11-19(14-18)27-15-17-9-6-7-12-20(17)21(16-25-2)22(24)26-3/h6-12,14,16,23H,4-5,13,15H2,1-3H3. The molecule has 0 aliphatic carbocycles. The van der Waals surface area contributed by atoms with Crippen molar-refractivity contribution in [2.24, 2.45) is 0 Å². The summed E-state index contributed by atoms with van der Waals surface area (Å²) in [6.07, 6.45) is 3.67. The van der Waals surface area contributed by atoms with E-state index in [1.807, 2.05) is 48.5 Å². The Morgan fingerprint density at radius 1 is 1.11 bits per heavy atom. The van der Waals surface area contributed by atoms with Crippen molar-refractivity contribution in [2.75, 3.05) is 26.1 Å². The number of hydrogen-bond donors (Lipinski definition) is 1. The number of methoxy groups -OCH3 is 2. The van der Waals surface area contributed by atoms with Gasteiger partial charge in [-0.1, -0.05) is 43.7 Å². The Hall–Kier alpha value is -2.95. The summed E-state index contributed by atoms with van der Waals surface area (Å²) < 4.78 is 15.9. The molecule has 2 aromatic rings. The Bertz CT molecular complexity index is 770. The van der Waals surface area contributed by atoms with E-state index >= 15 is 0 Å². The number of unbranched alkanes of at least 4 members (excludes halogenated alkanes) is 1. The smallest absolute Gasteiger partial charge is 0.341 e. The molecule has 0 saturated carbocycles. The second-order valence-corrected chi connectivity index (χ2v) is 6.01. The van der Waals surface area contributed by atoms with Crippen molar-refractivity contribution in [3.8, 4) is 5.75 Å². The topological polar surface area (TPSA) is 56.8 Å². The van der Waals surface area contributed by atoms with Gasteiger partial charge in [-0.05, 0) is 29.7 Å². The highest BCUT2D eigenvalue weighted by Gasteiger charge is 2.16. The lowest BCUT2D eigenvalue weighted by atomic mass is 10.0. The van der Waals surface area contributed by atoms with Gasteiger partial charge in [0.15, 0.2) is 0 Å². The van der Waals surface area contributed by atoms with E-state index in [2.05, 4.69) is 12.2 Å². The van der Waals surface area contributed by atoms with Crippen molar-refractivity contribution >= 4 is 17.2 Å². The number of carbonyl (C=O) groups excluding carboxylic acids is 1. The number of esters is 1. The van der Waals surface area contributed by atoms with E-state index in [1.54, 1.807) is 0 Å². The van der Waals surface area contributed by atoms with Crippen molar-refractivity contribution in [3.05, 3.63) is 65.9 Å². The van der Waals surface area contributed by atoms with Crippen molar-refractivity contribution in [1.29, 1.82) is 0 Å². The van der Waals surface area contributed by atoms with Gasteiger partial charge in [-0.3, -0.25) is 0 Å². The van der Waals surface area contributed by atoms with Crippen LogP contribution in [0.4, 0.5) is 5.69 Å². The van der Waals surface area contributed by atoms with Crippen LogP contribution in [-0.4, -0.2) is 26.7 Å². The van der Waals surface area contributed by atoms with Crippen molar-refractivity contribution < 1.29 is 19.0 Å². The summed E-state index contributed by atoms with van der Waals surface area (Å²) in [5.41, 5.74) is 2.98. The first-order valence-corrected chi connectivity index (χ1v) is 9.05. The van der Waals surface area contributed by atoms with Crippen LogP contribution in [0, 0.1) is 0 Å². The zero-order valence-electron chi connectivity index (χ0n) is 16.2. The SMILES string of the molecule is CCCCNc1cccc(OCc2ccccc2C(=COC)C(=O)OC)c1. The maximum absolute atomic E-state index is 12.1. The molecule has 5 heteroatoms. The molecule has 2 rings (SSSR count). The summed E-state index contributed by atoms with van der Waals surface area (Å²) in [4.78, 5) is 12.1. The lowest BCUT2D eigenvalue weighted by Gasteiger charge is -2.13. The highest BCUT2D eigenvalue weighted by atomic mass is 16.5. The van der Waals surface area contributed by atoms with Crippen LogP contribution in [0.15, 0.2) is 54.8 Å². The van der Waals surface area contributed by atoms with Gasteiger partial charge >= 0.3 is 5.97 Å². The van der Waals surface area contributed by atoms with Gasteiger partial charge in [0.1, 0.15) is 17.9 Å². The minimum Gasteiger partial charge on any atom is -0.503 e. The van der Waals surface area contributed by atoms with Gasteiger partial charge < -0.3 is 19.5 Å². The predicted octanol–water partition coefficient (Wildman–Crippen LogP) is 4.64. The quantitative estimate of drug-likeness (QED) is 0.286. The third-order valence-corrected chi connectivity index (χ3v) is 4.04. The minimum atomic E-state index is -0.452. The van der Waals surface area contributed by atoms with E-state index < -0.39 is 5.97 Å². The molecule has 27 heavy (non-hydrogen) atoms. The molecule has 0 saturated heterocycles. The second-order valence-electron chi connectivity index (χ2n) is 6.01. The van der Waals surface area contributed by atoms with Gasteiger partial charge in [-0.15, -0.1) is 0 Å². The van der Waals surface area contributed by atoms with E-state index in [9.17, 15) is 4.79 Å². The van der Waals surface area contributed by atoms with Crippen LogP contribution in [0.1, 0.15) is 30.9 Å². The Kier molecular flexibility index (Phi) is 8.23. The van der Waals surface area contributed by atoms with Crippen LogP contribution >= 0.6 is 0 Å². The number of hydrogen-bond acceptors (Lipinski definition) is 5. The molecule has 0 aliphatic rings. The van der Waals surface area contributed by atoms with E-state index in [4.69, 9.17) is 14.2 Å². The highest BCUT2D eigenvalue weighted by Crippen LogP contribution is 2.24. The van der Waals surface area contributed by atoms with Gasteiger partial charge in [0.25, 0.3) is 0 Å². The Morgan fingerprint density at radius 3 is 2.67 bits per heavy atom. The van der Waals surface area contributed by atoms with Crippen LogP contribution < -0.4 is 10.1 Å². The molecule has 0 radical (unpaired) electrons. The molecular weight excluding hydrogens is 342 g/mol. The van der Waals surface area contributed by atoms with Crippen LogP contribution in [0.25, 0.3) is 5.57 Å². The average Bonchev–Trinajstić information content (AvgIpc) is 2.71. The summed E-state index contributed by atoms with van der Waals surface area (Å²) in [6.45, 7) is 3.43. The first kappa shape index (κ1) is 20.4. The molecule has 0 bridgehead atoms. The first-order valence-electron chi connectivity index (χ1n) is 9.05. The monoisotopic (exact) mass is 369 g/mol. The molecule has 0 aromatic heterocycles. The maximum Gasteiger partial charge on any atom is 0.341 e. The normalized spacial score (nSPS) is 11.0. The fourth-order valence-electron chi connectivity index (χ4n) is 2.62. The predicted molar refractivity (Wildman–Crippen MR) is 108 cm³/mol. The molecule has 2 aromatic carbocycles. The van der Waals surface area contributed by atoms with Crippen LogP contribution in [0.5, 0.6) is 5.75 Å². The van der Waals surface area contributed by atoms with Gasteiger partial charge in [0.05, 0.1) is 20.5 Å². The lowest BCUT2D eigenvalue weighted by Crippen LogP contribution is -2.08. The van der Waals surface area contributed by atoms with E-state index in [0.29, 0.717) is 12.2 Å². The van der Waals surface area contributed by atoms with Crippen LogP contribution in [-0.2, 0) is 20.9 Å². The maximum atomic E-state index is 12.1. The highest BCUT2D eigenvalue weighted by molar-refractivity contribution is 6.16. The summed E-state index contributed by atoms with van der Waals surface area (Å²) in [5, 5.41) is 3.39. The average molecular weight is 369 g/mol. The summed E-state index contributed by atoms with van der Waals surface area (Å²) >= 11 is 0. The van der Waals surface area contributed by atoms with E-state index in [1.165, 1.54) is 20.5 Å². The first-order chi connectivity index (χ1) is 13.2. The zero-order chi connectivity index (χ0) is 19.5. The summed E-state index contributed by atoms with van der Waals surface area (Å²) in [7, 11) is 2.85. The van der Waals surface area contributed by atoms with Gasteiger partial charge in [-0.25, -0.2) is 4.79 Å². The fourth-order valence-corrected chi connectivity index (χ4v) is 2.62. The van der Waals surface area contributed by atoms with E-state index in [-0.39, 0.29) is 0 Å². The molecule has 1 N–H and O–H groups in total. The Morgan fingerprint density at radius 2 is 1.93 bits per heavy atom. The molecule has 0 spiro atoms. The Labute approximate surface area is 161 Å². The molecule has 0 fully saturated rings. The number of rotatable bonds is 10. The van der Waals surface area contributed by atoms with Crippen molar-refractivity contribution in [2.45, 2.75) is 26.4 Å². The van der Waals surface area contributed by atoms with Crippen molar-refractivity contribution in [1.82, 2.24) is 0 Å². The zero-order valence-corrected chi connectivity index (χ0v) is 16.2. The number of carbonyl (C=O) groups is 1. The lowest BCUT2D eigenvalue weighted by molar-refractivity contribution is -0.133. The molecule has 0 aliphatic heterocycles. The van der Waals surface area contributed by atoms with Gasteiger partial charge in [0, 0.05) is 18.3 Å². The molecule has 0 amide bonds. The minimum absolute atomic E-state index is 0.326. The van der Waals surface area contributed by atoms with Gasteiger partial charge in [0.2, 0.25) is 0 Å². The largest absolute Gasteiger partial charge is 0.503 e. The number of benzene rings is 2. The molecule has 144 valence electrons. The fraction of sp³-hybridized carbons (Fsp3) is 0.318. The number of ether oxygens (including phenoxy) is 3. The summed E-state index contributed by atoms with van der Waals surface area (Å²) in [6, 6.07) is 15.4. The molecule has 0 heterocycles. The van der Waals surface area contributed by atoms with Crippen molar-refractivity contribution in [3.63, 3.8) is 0 Å². The third-order valence-electron chi connectivity index (χ3n) is 4.04. The number of nitrogens with one attached hydrogen (secondary N) is 1. The van der Waals surface area contributed by atoms with Crippen LogP contribution in [0.3, 0.4) is 0 Å². The van der Waals surface area contributed by atoms with Crippen LogP contribution in [0.2, 0.25) is 0 Å².